The van der Waals surface area contributed by atoms with Crippen LogP contribution in [0.5, 0.6) is 5.75 Å². The van der Waals surface area contributed by atoms with Crippen molar-refractivity contribution in [2.24, 2.45) is 5.73 Å². The molecule has 0 radical (unpaired) electrons. The molecule has 2 saturated heterocycles. The molecule has 3 aromatic rings. The number of ether oxygens (including phenoxy) is 1. The fourth-order valence-corrected chi connectivity index (χ4v) is 5.41. The summed E-state index contributed by atoms with van der Waals surface area (Å²) in [5.74, 6) is 0.117. The van der Waals surface area contributed by atoms with Gasteiger partial charge in [0.2, 0.25) is 5.95 Å². The SMILES string of the molecule is Cc1cnc(Nc2ccc(N3CCN4CCCC4C3)cc2OC(F)F)nc1Nc1ccsc1C(N)=O. The molecule has 2 aliphatic rings. The Morgan fingerprint density at radius 2 is 2.08 bits per heavy atom. The van der Waals surface area contributed by atoms with Gasteiger partial charge in [-0.05, 0) is 49.9 Å². The van der Waals surface area contributed by atoms with Crippen LogP contribution < -0.4 is 26.0 Å². The van der Waals surface area contributed by atoms with Crippen LogP contribution in [0.2, 0.25) is 0 Å². The maximum absolute atomic E-state index is 13.3. The number of piperazine rings is 1. The number of hydrogen-bond donors (Lipinski definition) is 3. The van der Waals surface area contributed by atoms with Gasteiger partial charge in [0.25, 0.3) is 5.91 Å². The molecule has 1 amide bonds. The van der Waals surface area contributed by atoms with Gasteiger partial charge >= 0.3 is 6.61 Å². The highest BCUT2D eigenvalue weighted by Crippen LogP contribution is 2.35. The second-order valence-electron chi connectivity index (χ2n) is 8.84. The molecular weight excluding hydrogens is 488 g/mol. The first-order valence-corrected chi connectivity index (χ1v) is 12.6. The molecule has 0 aliphatic carbocycles. The molecule has 2 fully saturated rings. The van der Waals surface area contributed by atoms with Crippen molar-refractivity contribution >= 4 is 46.1 Å². The fraction of sp³-hybridized carbons (Fsp3) is 0.375. The largest absolute Gasteiger partial charge is 0.433 e. The topological polar surface area (TPSA) is 109 Å². The lowest BCUT2D eigenvalue weighted by Crippen LogP contribution is -2.50. The number of nitrogens with zero attached hydrogens (tertiary/aromatic N) is 4. The second kappa shape index (κ2) is 10.2. The smallest absolute Gasteiger partial charge is 0.387 e. The summed E-state index contributed by atoms with van der Waals surface area (Å²) in [5.41, 5.74) is 7.86. The molecule has 0 bridgehead atoms. The summed E-state index contributed by atoms with van der Waals surface area (Å²) in [6.45, 7) is 2.63. The lowest BCUT2D eigenvalue weighted by atomic mass is 10.1. The van der Waals surface area contributed by atoms with Crippen molar-refractivity contribution in [3.05, 3.63) is 46.3 Å². The lowest BCUT2D eigenvalue weighted by molar-refractivity contribution is -0.0493. The highest BCUT2D eigenvalue weighted by atomic mass is 32.1. The van der Waals surface area contributed by atoms with E-state index in [1.807, 2.05) is 13.0 Å². The molecular formula is C24H27F2N7O2S. The number of alkyl halides is 2. The van der Waals surface area contributed by atoms with Crippen molar-refractivity contribution in [3.63, 3.8) is 0 Å². The molecule has 1 aromatic carbocycles. The number of anilines is 5. The molecule has 1 atom stereocenters. The van der Waals surface area contributed by atoms with Crippen LogP contribution >= 0.6 is 11.3 Å². The number of nitrogens with two attached hydrogens (primary N) is 1. The van der Waals surface area contributed by atoms with Crippen LogP contribution in [0.3, 0.4) is 0 Å². The van der Waals surface area contributed by atoms with E-state index in [9.17, 15) is 13.6 Å². The summed E-state index contributed by atoms with van der Waals surface area (Å²) in [6, 6.07) is 7.47. The number of aromatic nitrogens is 2. The molecule has 0 saturated carbocycles. The van der Waals surface area contributed by atoms with E-state index in [1.54, 1.807) is 29.8 Å². The number of nitrogens with one attached hydrogen (secondary N) is 2. The van der Waals surface area contributed by atoms with Crippen molar-refractivity contribution in [1.82, 2.24) is 14.9 Å². The normalized spacial score (nSPS) is 17.8. The minimum atomic E-state index is -2.98. The molecule has 9 nitrogen and oxygen atoms in total. The van der Waals surface area contributed by atoms with E-state index in [1.165, 1.54) is 17.8 Å². The van der Waals surface area contributed by atoms with Crippen LogP contribution in [0, 0.1) is 6.92 Å². The number of fused-ring (bicyclic) bond motifs is 1. The molecule has 2 aliphatic heterocycles. The number of aryl methyl sites for hydroxylation is 1. The lowest BCUT2D eigenvalue weighted by Gasteiger charge is -2.39. The summed E-state index contributed by atoms with van der Waals surface area (Å²) in [6.07, 6.45) is 3.95. The highest BCUT2D eigenvalue weighted by Gasteiger charge is 2.31. The predicted octanol–water partition coefficient (Wildman–Crippen LogP) is 4.32. The van der Waals surface area contributed by atoms with Crippen LogP contribution in [-0.4, -0.2) is 59.6 Å². The highest BCUT2D eigenvalue weighted by molar-refractivity contribution is 7.12. The Morgan fingerprint density at radius 1 is 1.22 bits per heavy atom. The minimum Gasteiger partial charge on any atom is -0.433 e. The van der Waals surface area contributed by atoms with Gasteiger partial charge in [0.05, 0.1) is 11.4 Å². The van der Waals surface area contributed by atoms with E-state index in [-0.39, 0.29) is 11.7 Å². The Balaban J connectivity index is 1.38. The Bertz CT molecular complexity index is 1250. The first-order chi connectivity index (χ1) is 17.4. The Kier molecular flexibility index (Phi) is 6.88. The number of rotatable bonds is 8. The van der Waals surface area contributed by atoms with Gasteiger partial charge < -0.3 is 26.0 Å². The number of thiophene rings is 1. The van der Waals surface area contributed by atoms with Gasteiger partial charge in [-0.15, -0.1) is 11.3 Å². The zero-order valence-corrected chi connectivity index (χ0v) is 20.5. The fourth-order valence-electron chi connectivity index (χ4n) is 4.71. The van der Waals surface area contributed by atoms with E-state index < -0.39 is 12.5 Å². The summed E-state index contributed by atoms with van der Waals surface area (Å²) in [4.78, 5) is 25.5. The van der Waals surface area contributed by atoms with Gasteiger partial charge in [-0.25, -0.2) is 4.98 Å². The molecule has 4 heterocycles. The molecule has 4 N–H and O–H groups in total. The van der Waals surface area contributed by atoms with E-state index in [0.29, 0.717) is 28.1 Å². The first-order valence-electron chi connectivity index (χ1n) is 11.7. The summed E-state index contributed by atoms with van der Waals surface area (Å²) in [5, 5.41) is 7.85. The van der Waals surface area contributed by atoms with Crippen LogP contribution in [-0.2, 0) is 0 Å². The van der Waals surface area contributed by atoms with Gasteiger partial charge in [-0.1, -0.05) is 0 Å². The van der Waals surface area contributed by atoms with E-state index in [0.717, 1.165) is 43.9 Å². The second-order valence-corrected chi connectivity index (χ2v) is 9.76. The molecule has 0 spiro atoms. The molecule has 5 rings (SSSR count). The predicted molar refractivity (Wildman–Crippen MR) is 136 cm³/mol. The van der Waals surface area contributed by atoms with Crippen molar-refractivity contribution in [2.75, 3.05) is 41.7 Å². The average molecular weight is 516 g/mol. The van der Waals surface area contributed by atoms with Crippen molar-refractivity contribution in [3.8, 4) is 5.75 Å². The standard InChI is InChI=1S/C24H27F2N7O2S/c1-14-12-28-24(31-22(14)29-18-6-10-36-20(18)21(27)34)30-17-5-4-15(11-19(17)35-23(25)26)33-9-8-32-7-2-3-16(32)13-33/h4-6,10-12,16,23H,2-3,7-9,13H2,1H3,(H2,27,34)(H2,28,29,30,31). The van der Waals surface area contributed by atoms with Crippen LogP contribution in [0.15, 0.2) is 35.8 Å². The van der Waals surface area contributed by atoms with Gasteiger partial charge in [0.1, 0.15) is 10.7 Å². The number of amides is 1. The number of hydrogen-bond acceptors (Lipinski definition) is 9. The third kappa shape index (κ3) is 5.19. The van der Waals surface area contributed by atoms with Crippen LogP contribution in [0.4, 0.5) is 37.6 Å². The van der Waals surface area contributed by atoms with E-state index in [2.05, 4.69) is 30.4 Å². The van der Waals surface area contributed by atoms with Gasteiger partial charge in [0, 0.05) is 49.2 Å². The Hall–Kier alpha value is -3.51. The molecule has 12 heteroatoms. The van der Waals surface area contributed by atoms with Crippen molar-refractivity contribution < 1.29 is 18.3 Å². The number of benzene rings is 1. The van der Waals surface area contributed by atoms with Gasteiger partial charge in [0.15, 0.2) is 5.75 Å². The Morgan fingerprint density at radius 3 is 2.89 bits per heavy atom. The zero-order valence-electron chi connectivity index (χ0n) is 19.7. The van der Waals surface area contributed by atoms with E-state index in [4.69, 9.17) is 10.5 Å². The molecule has 2 aromatic heterocycles. The molecule has 1 unspecified atom stereocenters. The number of carbonyl (C=O) groups excluding carboxylic acids is 1. The average Bonchev–Trinajstić information content (AvgIpc) is 3.51. The number of carbonyl (C=O) groups is 1. The Labute approximate surface area is 211 Å². The first kappa shape index (κ1) is 24.2. The maximum atomic E-state index is 13.3. The third-order valence-electron chi connectivity index (χ3n) is 6.49. The zero-order chi connectivity index (χ0) is 25.2. The quantitative estimate of drug-likeness (QED) is 0.407. The number of primary amides is 1. The van der Waals surface area contributed by atoms with Gasteiger partial charge in [-0.3, -0.25) is 9.69 Å². The third-order valence-corrected chi connectivity index (χ3v) is 7.42. The summed E-state index contributed by atoms with van der Waals surface area (Å²) in [7, 11) is 0. The molecule has 190 valence electrons. The van der Waals surface area contributed by atoms with E-state index >= 15 is 0 Å². The number of halogens is 2. The maximum Gasteiger partial charge on any atom is 0.387 e. The van der Waals surface area contributed by atoms with Crippen LogP contribution in [0.1, 0.15) is 28.1 Å². The van der Waals surface area contributed by atoms with Gasteiger partial charge in [-0.2, -0.15) is 13.8 Å². The summed E-state index contributed by atoms with van der Waals surface area (Å²) < 4.78 is 31.4. The minimum absolute atomic E-state index is 0.0175. The van der Waals surface area contributed by atoms with Crippen molar-refractivity contribution in [1.29, 1.82) is 0 Å². The molecule has 36 heavy (non-hydrogen) atoms. The van der Waals surface area contributed by atoms with Crippen molar-refractivity contribution in [2.45, 2.75) is 32.4 Å². The van der Waals surface area contributed by atoms with Crippen LogP contribution in [0.25, 0.3) is 0 Å². The monoisotopic (exact) mass is 515 g/mol. The summed E-state index contributed by atoms with van der Waals surface area (Å²) >= 11 is 1.22.